The molecule has 78 valence electrons. The van der Waals surface area contributed by atoms with Gasteiger partial charge in [-0.3, -0.25) is 4.79 Å². The zero-order valence-electron chi connectivity index (χ0n) is 8.42. The average Bonchev–Trinajstić information content (AvgIpc) is 2.59. The fourth-order valence-electron chi connectivity index (χ4n) is 1.08. The van der Waals surface area contributed by atoms with Gasteiger partial charge in [0.1, 0.15) is 0 Å². The van der Waals surface area contributed by atoms with E-state index in [4.69, 9.17) is 11.6 Å². The number of halogens is 1. The largest absolute Gasteiger partial charge is 0.346 e. The van der Waals surface area contributed by atoms with E-state index in [1.54, 1.807) is 16.2 Å². The van der Waals surface area contributed by atoms with Crippen molar-refractivity contribution in [1.29, 1.82) is 0 Å². The van der Waals surface area contributed by atoms with Crippen LogP contribution in [0, 0.1) is 0 Å². The molecule has 1 heterocycles. The zero-order chi connectivity index (χ0) is 10.6. The van der Waals surface area contributed by atoms with Crippen LogP contribution in [0.3, 0.4) is 0 Å². The van der Waals surface area contributed by atoms with Crippen LogP contribution in [0.5, 0.6) is 0 Å². The van der Waals surface area contributed by atoms with Gasteiger partial charge in [-0.1, -0.05) is 11.6 Å². The zero-order valence-corrected chi connectivity index (χ0v) is 9.99. The Balaban J connectivity index is 2.37. The normalized spacial score (nSPS) is 10.2. The summed E-state index contributed by atoms with van der Waals surface area (Å²) < 4.78 is 0.788. The highest BCUT2D eigenvalue weighted by molar-refractivity contribution is 7.16. The van der Waals surface area contributed by atoms with Crippen molar-refractivity contribution in [3.8, 4) is 0 Å². The molecule has 1 aromatic heterocycles. The first-order chi connectivity index (χ1) is 6.63. The van der Waals surface area contributed by atoms with Crippen molar-refractivity contribution in [1.82, 2.24) is 4.90 Å². The van der Waals surface area contributed by atoms with E-state index >= 15 is 0 Å². The second-order valence-corrected chi connectivity index (χ2v) is 4.91. The predicted octanol–water partition coefficient (Wildman–Crippen LogP) is 2.81. The third kappa shape index (κ3) is 3.31. The van der Waals surface area contributed by atoms with E-state index in [0.29, 0.717) is 6.42 Å². The van der Waals surface area contributed by atoms with Gasteiger partial charge in [-0.15, -0.1) is 11.3 Å². The van der Waals surface area contributed by atoms with Crippen molar-refractivity contribution >= 4 is 28.8 Å². The number of carbonyl (C=O) groups excluding carboxylic acids is 1. The minimum absolute atomic E-state index is 0.192. The van der Waals surface area contributed by atoms with Gasteiger partial charge in [0, 0.05) is 24.9 Å². The molecule has 1 aromatic rings. The van der Waals surface area contributed by atoms with Crippen LogP contribution in [0.2, 0.25) is 4.34 Å². The molecule has 4 heteroatoms. The Labute approximate surface area is 93.5 Å². The SMILES string of the molecule is CCN(C)C(=O)CCc1ccc(Cl)s1. The van der Waals surface area contributed by atoms with Gasteiger partial charge in [0.25, 0.3) is 0 Å². The topological polar surface area (TPSA) is 20.3 Å². The molecule has 0 spiro atoms. The first kappa shape index (κ1) is 11.5. The molecule has 0 atom stereocenters. The van der Waals surface area contributed by atoms with E-state index in [9.17, 15) is 4.79 Å². The number of rotatable bonds is 4. The maximum Gasteiger partial charge on any atom is 0.222 e. The van der Waals surface area contributed by atoms with Crippen LogP contribution in [0.1, 0.15) is 18.2 Å². The summed E-state index contributed by atoms with van der Waals surface area (Å²) in [7, 11) is 1.82. The Morgan fingerprint density at radius 1 is 1.57 bits per heavy atom. The van der Waals surface area contributed by atoms with Gasteiger partial charge < -0.3 is 4.90 Å². The molecule has 0 aliphatic rings. The number of carbonyl (C=O) groups is 1. The highest BCUT2D eigenvalue weighted by Crippen LogP contribution is 2.22. The number of aryl methyl sites for hydroxylation is 1. The third-order valence-corrected chi connectivity index (χ3v) is 3.41. The van der Waals surface area contributed by atoms with Crippen LogP contribution in [-0.4, -0.2) is 24.4 Å². The summed E-state index contributed by atoms with van der Waals surface area (Å²) in [4.78, 5) is 14.4. The smallest absolute Gasteiger partial charge is 0.222 e. The lowest BCUT2D eigenvalue weighted by Crippen LogP contribution is -2.26. The summed E-state index contributed by atoms with van der Waals surface area (Å²) in [6, 6.07) is 3.85. The first-order valence-electron chi connectivity index (χ1n) is 4.61. The molecule has 1 rings (SSSR count). The Bertz CT molecular complexity index is 311. The summed E-state index contributed by atoms with van der Waals surface area (Å²) >= 11 is 7.33. The summed E-state index contributed by atoms with van der Waals surface area (Å²) in [6.45, 7) is 2.74. The highest BCUT2D eigenvalue weighted by Gasteiger charge is 2.07. The molecule has 0 aromatic carbocycles. The van der Waals surface area contributed by atoms with Crippen molar-refractivity contribution in [3.05, 3.63) is 21.3 Å². The average molecular weight is 232 g/mol. The first-order valence-corrected chi connectivity index (χ1v) is 5.81. The Hall–Kier alpha value is -0.540. The highest BCUT2D eigenvalue weighted by atomic mass is 35.5. The maximum atomic E-state index is 11.5. The van der Waals surface area contributed by atoms with E-state index < -0.39 is 0 Å². The maximum absolute atomic E-state index is 11.5. The van der Waals surface area contributed by atoms with Gasteiger partial charge in [-0.2, -0.15) is 0 Å². The number of hydrogen-bond donors (Lipinski definition) is 0. The summed E-state index contributed by atoms with van der Waals surface area (Å²) in [6.07, 6.45) is 1.36. The molecular formula is C10H14ClNOS. The van der Waals surface area contributed by atoms with Crippen molar-refractivity contribution in [3.63, 3.8) is 0 Å². The van der Waals surface area contributed by atoms with Crippen molar-refractivity contribution in [2.45, 2.75) is 19.8 Å². The Morgan fingerprint density at radius 2 is 2.29 bits per heavy atom. The molecule has 0 unspecified atom stereocenters. The number of thiophene rings is 1. The number of amides is 1. The molecule has 0 saturated heterocycles. The molecule has 0 saturated carbocycles. The van der Waals surface area contributed by atoms with Crippen LogP contribution in [0.4, 0.5) is 0 Å². The molecule has 0 fully saturated rings. The van der Waals surface area contributed by atoms with Crippen LogP contribution in [0.15, 0.2) is 12.1 Å². The van der Waals surface area contributed by atoms with E-state index in [2.05, 4.69) is 0 Å². The van der Waals surface area contributed by atoms with E-state index in [-0.39, 0.29) is 5.91 Å². The lowest BCUT2D eigenvalue weighted by molar-refractivity contribution is -0.129. The van der Waals surface area contributed by atoms with Crippen LogP contribution in [0.25, 0.3) is 0 Å². The monoisotopic (exact) mass is 231 g/mol. The molecule has 0 aliphatic carbocycles. The summed E-state index contributed by atoms with van der Waals surface area (Å²) in [5, 5.41) is 0. The quantitative estimate of drug-likeness (QED) is 0.781. The Morgan fingerprint density at radius 3 is 2.79 bits per heavy atom. The van der Waals surface area contributed by atoms with E-state index in [1.165, 1.54) is 4.88 Å². The minimum atomic E-state index is 0.192. The molecule has 0 bridgehead atoms. The van der Waals surface area contributed by atoms with Crippen molar-refractivity contribution in [2.24, 2.45) is 0 Å². The second kappa shape index (κ2) is 5.37. The second-order valence-electron chi connectivity index (χ2n) is 3.11. The van der Waals surface area contributed by atoms with Gasteiger partial charge in [0.05, 0.1) is 4.34 Å². The van der Waals surface area contributed by atoms with Gasteiger partial charge in [-0.05, 0) is 25.5 Å². The fraction of sp³-hybridized carbons (Fsp3) is 0.500. The third-order valence-electron chi connectivity index (χ3n) is 2.11. The fourth-order valence-corrected chi connectivity index (χ4v) is 2.17. The van der Waals surface area contributed by atoms with Gasteiger partial charge >= 0.3 is 0 Å². The van der Waals surface area contributed by atoms with Crippen LogP contribution in [-0.2, 0) is 11.2 Å². The Kier molecular flexibility index (Phi) is 4.42. The van der Waals surface area contributed by atoms with E-state index in [0.717, 1.165) is 17.3 Å². The van der Waals surface area contributed by atoms with Gasteiger partial charge in [0.2, 0.25) is 5.91 Å². The number of hydrogen-bond acceptors (Lipinski definition) is 2. The van der Waals surface area contributed by atoms with Gasteiger partial charge in [0.15, 0.2) is 0 Å². The molecule has 0 aliphatic heterocycles. The lowest BCUT2D eigenvalue weighted by Gasteiger charge is -2.13. The minimum Gasteiger partial charge on any atom is -0.346 e. The molecule has 14 heavy (non-hydrogen) atoms. The molecule has 0 N–H and O–H groups in total. The molecule has 1 amide bonds. The molecule has 2 nitrogen and oxygen atoms in total. The van der Waals surface area contributed by atoms with Gasteiger partial charge in [-0.25, -0.2) is 0 Å². The predicted molar refractivity (Wildman–Crippen MR) is 61.0 cm³/mol. The van der Waals surface area contributed by atoms with Crippen molar-refractivity contribution < 1.29 is 4.79 Å². The summed E-state index contributed by atoms with van der Waals surface area (Å²) in [5.74, 6) is 0.192. The van der Waals surface area contributed by atoms with Crippen LogP contribution >= 0.6 is 22.9 Å². The van der Waals surface area contributed by atoms with Crippen LogP contribution < -0.4 is 0 Å². The standard InChI is InChI=1S/C10H14ClNOS/c1-3-12(2)10(13)7-5-8-4-6-9(11)14-8/h4,6H,3,5,7H2,1-2H3. The van der Waals surface area contributed by atoms with E-state index in [1.807, 2.05) is 26.1 Å². The lowest BCUT2D eigenvalue weighted by atomic mass is 10.2. The van der Waals surface area contributed by atoms with Crippen molar-refractivity contribution in [2.75, 3.05) is 13.6 Å². The molecule has 0 radical (unpaired) electrons. The summed E-state index contributed by atoms with van der Waals surface area (Å²) in [5.41, 5.74) is 0. The number of nitrogens with zero attached hydrogens (tertiary/aromatic N) is 1. The molecular weight excluding hydrogens is 218 g/mol.